The molecule has 0 aromatic heterocycles. The minimum Gasteiger partial charge on any atom is -0.460 e. The molecule has 21 heavy (non-hydrogen) atoms. The van der Waals surface area contributed by atoms with Crippen molar-refractivity contribution in [3.8, 4) is 0 Å². The van der Waals surface area contributed by atoms with Crippen LogP contribution in [-0.2, 0) is 19.0 Å². The summed E-state index contributed by atoms with van der Waals surface area (Å²) in [6.45, 7) is 7.44. The molecule has 4 nitrogen and oxygen atoms in total. The SMILES string of the molecule is C=C(CSc1ccc(C)cc1)C(=O)OCCOCCOC. The van der Waals surface area contributed by atoms with Crippen LogP contribution in [-0.4, -0.2) is 45.3 Å². The molecule has 0 bridgehead atoms. The van der Waals surface area contributed by atoms with E-state index >= 15 is 0 Å². The molecule has 5 heteroatoms. The van der Waals surface area contributed by atoms with Gasteiger partial charge in [0.2, 0.25) is 0 Å². The topological polar surface area (TPSA) is 44.8 Å². The minimum absolute atomic E-state index is 0.233. The summed E-state index contributed by atoms with van der Waals surface area (Å²) < 4.78 is 15.1. The lowest BCUT2D eigenvalue weighted by Gasteiger charge is -2.08. The Kier molecular flexibility index (Phi) is 8.82. The summed E-state index contributed by atoms with van der Waals surface area (Å²) in [6.07, 6.45) is 0. The van der Waals surface area contributed by atoms with E-state index in [1.165, 1.54) is 5.56 Å². The van der Waals surface area contributed by atoms with Crippen molar-refractivity contribution in [1.29, 1.82) is 0 Å². The molecule has 0 N–H and O–H groups in total. The van der Waals surface area contributed by atoms with Crippen molar-refractivity contribution >= 4 is 17.7 Å². The minimum atomic E-state index is -0.370. The second-order valence-electron chi connectivity index (χ2n) is 4.45. The molecule has 0 heterocycles. The lowest BCUT2D eigenvalue weighted by Crippen LogP contribution is -2.14. The molecule has 0 aliphatic heterocycles. The second kappa shape index (κ2) is 10.4. The van der Waals surface area contributed by atoms with Crippen LogP contribution in [0.3, 0.4) is 0 Å². The van der Waals surface area contributed by atoms with Gasteiger partial charge in [0.25, 0.3) is 0 Å². The standard InChI is InChI=1S/C16H22O4S/c1-13-4-6-15(7-5-13)21-12-14(2)16(17)20-11-10-19-9-8-18-3/h4-7H,2,8-12H2,1,3H3. The number of aryl methyl sites for hydroxylation is 1. The number of rotatable bonds is 10. The highest BCUT2D eigenvalue weighted by atomic mass is 32.2. The first kappa shape index (κ1) is 17.8. The summed E-state index contributed by atoms with van der Waals surface area (Å²) in [6, 6.07) is 8.14. The Morgan fingerprint density at radius 2 is 1.81 bits per heavy atom. The number of thioether (sulfide) groups is 1. The number of hydrogen-bond acceptors (Lipinski definition) is 5. The zero-order valence-corrected chi connectivity index (χ0v) is 13.4. The highest BCUT2D eigenvalue weighted by molar-refractivity contribution is 7.99. The van der Waals surface area contributed by atoms with Crippen LogP contribution in [0.25, 0.3) is 0 Å². The van der Waals surface area contributed by atoms with Gasteiger partial charge in [0.15, 0.2) is 0 Å². The molecule has 1 aromatic carbocycles. The van der Waals surface area contributed by atoms with E-state index in [4.69, 9.17) is 14.2 Å². The summed E-state index contributed by atoms with van der Waals surface area (Å²) in [7, 11) is 1.61. The van der Waals surface area contributed by atoms with Gasteiger partial charge < -0.3 is 14.2 Å². The Balaban J connectivity index is 2.16. The highest BCUT2D eigenvalue weighted by Crippen LogP contribution is 2.20. The summed E-state index contributed by atoms with van der Waals surface area (Å²) in [4.78, 5) is 12.8. The van der Waals surface area contributed by atoms with Gasteiger partial charge in [0.05, 0.1) is 19.8 Å². The molecule has 0 saturated heterocycles. The van der Waals surface area contributed by atoms with Crippen LogP contribution in [0.1, 0.15) is 5.56 Å². The maximum absolute atomic E-state index is 11.7. The Hall–Kier alpha value is -1.30. The van der Waals surface area contributed by atoms with Crippen LogP contribution in [0, 0.1) is 6.92 Å². The maximum atomic E-state index is 11.7. The fourth-order valence-electron chi connectivity index (χ4n) is 1.40. The summed E-state index contributed by atoms with van der Waals surface area (Å²) in [5, 5.41) is 0. The predicted octanol–water partition coefficient (Wildman–Crippen LogP) is 2.85. The van der Waals surface area contributed by atoms with E-state index in [9.17, 15) is 4.79 Å². The van der Waals surface area contributed by atoms with E-state index in [2.05, 4.69) is 6.58 Å². The second-order valence-corrected chi connectivity index (χ2v) is 5.50. The smallest absolute Gasteiger partial charge is 0.334 e. The van der Waals surface area contributed by atoms with Crippen LogP contribution >= 0.6 is 11.8 Å². The van der Waals surface area contributed by atoms with Gasteiger partial charge in [0.1, 0.15) is 6.61 Å². The van der Waals surface area contributed by atoms with Gasteiger partial charge in [-0.2, -0.15) is 0 Å². The van der Waals surface area contributed by atoms with Crippen molar-refractivity contribution in [2.45, 2.75) is 11.8 Å². The third-order valence-corrected chi connectivity index (χ3v) is 3.71. The molecule has 116 valence electrons. The molecule has 0 fully saturated rings. The van der Waals surface area contributed by atoms with E-state index in [-0.39, 0.29) is 12.6 Å². The first-order valence-corrected chi connectivity index (χ1v) is 7.73. The van der Waals surface area contributed by atoms with Gasteiger partial charge in [-0.25, -0.2) is 4.79 Å². The zero-order chi connectivity index (χ0) is 15.5. The third kappa shape index (κ3) is 7.90. The highest BCUT2D eigenvalue weighted by Gasteiger charge is 2.09. The summed E-state index contributed by atoms with van der Waals surface area (Å²) >= 11 is 1.57. The Morgan fingerprint density at radius 3 is 2.48 bits per heavy atom. The molecular formula is C16H22O4S. The average Bonchev–Trinajstić information content (AvgIpc) is 2.49. The fourth-order valence-corrected chi connectivity index (χ4v) is 2.19. The first-order chi connectivity index (χ1) is 10.1. The maximum Gasteiger partial charge on any atom is 0.334 e. The summed E-state index contributed by atoms with van der Waals surface area (Å²) in [5.41, 5.74) is 1.67. The third-order valence-electron chi connectivity index (χ3n) is 2.62. The van der Waals surface area contributed by atoms with Gasteiger partial charge >= 0.3 is 5.97 Å². The predicted molar refractivity (Wildman–Crippen MR) is 84.7 cm³/mol. The van der Waals surface area contributed by atoms with Gasteiger partial charge in [-0.1, -0.05) is 24.3 Å². The van der Waals surface area contributed by atoms with Crippen molar-refractivity contribution in [3.63, 3.8) is 0 Å². The van der Waals surface area contributed by atoms with E-state index in [0.29, 0.717) is 31.1 Å². The molecule has 0 atom stereocenters. The molecule has 1 rings (SSSR count). The largest absolute Gasteiger partial charge is 0.460 e. The van der Waals surface area contributed by atoms with Crippen LogP contribution < -0.4 is 0 Å². The van der Waals surface area contributed by atoms with Crippen LogP contribution in [0.2, 0.25) is 0 Å². The van der Waals surface area contributed by atoms with Crippen LogP contribution in [0.4, 0.5) is 0 Å². The van der Waals surface area contributed by atoms with Crippen molar-refractivity contribution in [1.82, 2.24) is 0 Å². The van der Waals surface area contributed by atoms with Gasteiger partial charge in [-0.3, -0.25) is 0 Å². The fraction of sp³-hybridized carbons (Fsp3) is 0.438. The normalized spacial score (nSPS) is 10.4. The van der Waals surface area contributed by atoms with Crippen molar-refractivity contribution < 1.29 is 19.0 Å². The molecule has 1 aromatic rings. The van der Waals surface area contributed by atoms with E-state index < -0.39 is 0 Å². The van der Waals surface area contributed by atoms with Crippen LogP contribution in [0.5, 0.6) is 0 Å². The Bertz CT molecular complexity index is 442. The molecule has 0 aliphatic rings. The molecule has 0 amide bonds. The Labute approximate surface area is 130 Å². The first-order valence-electron chi connectivity index (χ1n) is 6.74. The zero-order valence-electron chi connectivity index (χ0n) is 12.6. The lowest BCUT2D eigenvalue weighted by atomic mass is 10.2. The van der Waals surface area contributed by atoms with E-state index in [1.807, 2.05) is 31.2 Å². The van der Waals surface area contributed by atoms with E-state index in [0.717, 1.165) is 4.90 Å². The number of ether oxygens (including phenoxy) is 3. The summed E-state index contributed by atoms with van der Waals surface area (Å²) in [5.74, 6) is 0.150. The van der Waals surface area contributed by atoms with Gasteiger partial charge in [0, 0.05) is 23.3 Å². The Morgan fingerprint density at radius 1 is 1.14 bits per heavy atom. The lowest BCUT2D eigenvalue weighted by molar-refractivity contribution is -0.140. The van der Waals surface area contributed by atoms with Gasteiger partial charge in [-0.15, -0.1) is 11.8 Å². The molecule has 0 saturated carbocycles. The number of esters is 1. The van der Waals surface area contributed by atoms with Crippen molar-refractivity contribution in [2.75, 3.05) is 39.3 Å². The monoisotopic (exact) mass is 310 g/mol. The number of benzene rings is 1. The number of carbonyl (C=O) groups is 1. The van der Waals surface area contributed by atoms with Gasteiger partial charge in [-0.05, 0) is 19.1 Å². The van der Waals surface area contributed by atoms with Crippen LogP contribution in [0.15, 0.2) is 41.3 Å². The number of methoxy groups -OCH3 is 1. The van der Waals surface area contributed by atoms with Crippen molar-refractivity contribution in [2.24, 2.45) is 0 Å². The molecule has 0 spiro atoms. The molecule has 0 unspecified atom stereocenters. The quantitative estimate of drug-likeness (QED) is 0.288. The average molecular weight is 310 g/mol. The van der Waals surface area contributed by atoms with E-state index in [1.54, 1.807) is 18.9 Å². The number of hydrogen-bond donors (Lipinski definition) is 0. The molecule has 0 radical (unpaired) electrons. The number of carbonyl (C=O) groups excluding carboxylic acids is 1. The van der Waals surface area contributed by atoms with Crippen molar-refractivity contribution in [3.05, 3.63) is 42.0 Å². The molecule has 0 aliphatic carbocycles. The molecular weight excluding hydrogens is 288 g/mol.